The molecule has 0 bridgehead atoms. The van der Waals surface area contributed by atoms with Crippen molar-refractivity contribution in [3.8, 4) is 0 Å². The molecule has 1 saturated heterocycles. The van der Waals surface area contributed by atoms with Crippen molar-refractivity contribution in [2.24, 2.45) is 16.5 Å². The number of Topliss-reactive ketones (excluding diaryl/α,β-unsaturated/α-hetero) is 1. The Hall–Kier alpha value is -4.32. The molecule has 41 heavy (non-hydrogen) atoms. The van der Waals surface area contributed by atoms with Gasteiger partial charge in [-0.05, 0) is 43.4 Å². The van der Waals surface area contributed by atoms with Crippen molar-refractivity contribution in [3.63, 3.8) is 0 Å². The highest BCUT2D eigenvalue weighted by Crippen LogP contribution is 2.24. The third-order valence-electron chi connectivity index (χ3n) is 6.88. The minimum absolute atomic E-state index is 0.0487. The molecule has 2 heterocycles. The van der Waals surface area contributed by atoms with Gasteiger partial charge in [-0.3, -0.25) is 24.2 Å². The number of nitrogens with zero attached hydrogens (tertiary/aromatic N) is 3. The number of benzene rings is 2. The topological polar surface area (TPSA) is 173 Å². The second-order valence-electron chi connectivity index (χ2n) is 9.99. The number of rotatable bonds is 12. The van der Waals surface area contributed by atoms with Gasteiger partial charge in [0.15, 0.2) is 11.0 Å². The lowest BCUT2D eigenvalue weighted by Crippen LogP contribution is -2.55. The Kier molecular flexibility index (Phi) is 10.0. The van der Waals surface area contributed by atoms with E-state index in [9.17, 15) is 19.2 Å². The van der Waals surface area contributed by atoms with E-state index in [1.807, 2.05) is 54.6 Å². The molecule has 0 saturated carbocycles. The first-order chi connectivity index (χ1) is 19.7. The molecule has 0 spiro atoms. The number of guanidine groups is 1. The van der Waals surface area contributed by atoms with Crippen LogP contribution in [0.4, 0.5) is 0 Å². The number of carbonyl (C=O) groups excluding carboxylic acids is 4. The number of ketones is 1. The number of hydrogen-bond acceptors (Lipinski definition) is 7. The highest BCUT2D eigenvalue weighted by atomic mass is 32.1. The van der Waals surface area contributed by atoms with Crippen LogP contribution in [-0.4, -0.2) is 70.6 Å². The highest BCUT2D eigenvalue weighted by Gasteiger charge is 2.39. The maximum Gasteiger partial charge on any atom is 0.246 e. The van der Waals surface area contributed by atoms with Crippen molar-refractivity contribution in [1.82, 2.24) is 20.5 Å². The average Bonchev–Trinajstić information content (AvgIpc) is 3.61. The van der Waals surface area contributed by atoms with Crippen LogP contribution in [0.2, 0.25) is 0 Å². The molecular weight excluding hydrogens is 542 g/mol. The van der Waals surface area contributed by atoms with E-state index in [1.165, 1.54) is 23.2 Å². The summed E-state index contributed by atoms with van der Waals surface area (Å²) in [5.74, 6) is -1.43. The molecule has 1 aliphatic heterocycles. The summed E-state index contributed by atoms with van der Waals surface area (Å²) < 4.78 is 0.872. The molecule has 4 rings (SSSR count). The minimum atomic E-state index is -0.870. The lowest BCUT2D eigenvalue weighted by Gasteiger charge is -2.29. The Morgan fingerprint density at radius 3 is 2.49 bits per heavy atom. The van der Waals surface area contributed by atoms with Crippen molar-refractivity contribution in [2.45, 2.75) is 57.2 Å². The fraction of sp³-hybridized carbons (Fsp3) is 0.379. The maximum atomic E-state index is 13.6. The first-order valence-corrected chi connectivity index (χ1v) is 14.4. The first kappa shape index (κ1) is 29.7. The van der Waals surface area contributed by atoms with Crippen molar-refractivity contribution in [1.29, 1.82) is 0 Å². The highest BCUT2D eigenvalue weighted by molar-refractivity contribution is 7.20. The smallest absolute Gasteiger partial charge is 0.246 e. The molecule has 1 fully saturated rings. The van der Waals surface area contributed by atoms with Gasteiger partial charge in [-0.1, -0.05) is 42.5 Å². The lowest BCUT2D eigenvalue weighted by atomic mass is 10.0. The zero-order valence-corrected chi connectivity index (χ0v) is 23.7. The second-order valence-corrected chi connectivity index (χ2v) is 11.0. The maximum absolute atomic E-state index is 13.6. The van der Waals surface area contributed by atoms with Gasteiger partial charge in [0.25, 0.3) is 0 Å². The van der Waals surface area contributed by atoms with Crippen molar-refractivity contribution in [2.75, 3.05) is 13.1 Å². The van der Waals surface area contributed by atoms with Crippen LogP contribution >= 0.6 is 11.3 Å². The fourth-order valence-corrected chi connectivity index (χ4v) is 5.93. The quantitative estimate of drug-likeness (QED) is 0.110. The zero-order chi connectivity index (χ0) is 29.4. The molecule has 3 amide bonds. The molecule has 216 valence electrons. The van der Waals surface area contributed by atoms with Crippen LogP contribution < -0.4 is 22.1 Å². The minimum Gasteiger partial charge on any atom is -0.370 e. The number of hydrogen-bond donors (Lipinski definition) is 4. The molecule has 2 aromatic carbocycles. The Morgan fingerprint density at radius 1 is 1.05 bits per heavy atom. The molecule has 1 aliphatic rings. The number of fused-ring (bicyclic) bond motifs is 1. The summed E-state index contributed by atoms with van der Waals surface area (Å²) in [6.45, 7) is 2.04. The Morgan fingerprint density at radius 2 is 1.78 bits per heavy atom. The van der Waals surface area contributed by atoms with Gasteiger partial charge in [0.05, 0.1) is 16.3 Å². The summed E-state index contributed by atoms with van der Waals surface area (Å²) in [6.07, 6.45) is 2.12. The van der Waals surface area contributed by atoms with Gasteiger partial charge in [0.1, 0.15) is 12.1 Å². The van der Waals surface area contributed by atoms with Crippen LogP contribution in [0.5, 0.6) is 0 Å². The normalized spacial score (nSPS) is 16.1. The SMILES string of the molecule is CC(=O)N[C@H](Cc1ccccc1)C(=O)N1CCC[C@H]1C(=O)NC(CCCN=C(N)N)C(=O)c1nc2ccccc2s1. The summed E-state index contributed by atoms with van der Waals surface area (Å²) in [6, 6.07) is 14.4. The van der Waals surface area contributed by atoms with Gasteiger partial charge in [-0.25, -0.2) is 4.98 Å². The van der Waals surface area contributed by atoms with E-state index in [0.717, 1.165) is 10.3 Å². The lowest BCUT2D eigenvalue weighted by molar-refractivity contribution is -0.141. The van der Waals surface area contributed by atoms with E-state index in [-0.39, 0.29) is 23.6 Å². The van der Waals surface area contributed by atoms with Crippen molar-refractivity contribution >= 4 is 51.0 Å². The Bertz CT molecular complexity index is 1390. The van der Waals surface area contributed by atoms with Crippen LogP contribution in [0.25, 0.3) is 10.2 Å². The summed E-state index contributed by atoms with van der Waals surface area (Å²) in [5, 5.41) is 5.93. The van der Waals surface area contributed by atoms with E-state index >= 15 is 0 Å². The van der Waals surface area contributed by atoms with Gasteiger partial charge < -0.3 is 27.0 Å². The van der Waals surface area contributed by atoms with Gasteiger partial charge >= 0.3 is 0 Å². The van der Waals surface area contributed by atoms with E-state index < -0.39 is 24.0 Å². The monoisotopic (exact) mass is 577 g/mol. The van der Waals surface area contributed by atoms with Crippen LogP contribution in [0.1, 0.15) is 48.0 Å². The van der Waals surface area contributed by atoms with Gasteiger partial charge in [0.2, 0.25) is 23.5 Å². The number of nitrogens with one attached hydrogen (secondary N) is 2. The van der Waals surface area contributed by atoms with Gasteiger partial charge in [0, 0.05) is 26.4 Å². The van der Waals surface area contributed by atoms with E-state index in [1.54, 1.807) is 0 Å². The van der Waals surface area contributed by atoms with Crippen LogP contribution in [0.3, 0.4) is 0 Å². The third kappa shape index (κ3) is 7.88. The predicted octanol–water partition coefficient (Wildman–Crippen LogP) is 1.76. The summed E-state index contributed by atoms with van der Waals surface area (Å²) in [5.41, 5.74) is 12.5. The molecule has 3 atom stereocenters. The molecule has 1 unspecified atom stereocenters. The predicted molar refractivity (Wildman–Crippen MR) is 158 cm³/mol. The largest absolute Gasteiger partial charge is 0.370 e. The van der Waals surface area contributed by atoms with Gasteiger partial charge in [-0.15, -0.1) is 11.3 Å². The average molecular weight is 578 g/mol. The molecule has 0 radical (unpaired) electrons. The Labute approximate surface area is 242 Å². The number of carbonyl (C=O) groups is 4. The first-order valence-electron chi connectivity index (χ1n) is 13.6. The molecule has 0 aliphatic carbocycles. The molecule has 1 aromatic heterocycles. The molecular formula is C29H35N7O4S. The van der Waals surface area contributed by atoms with Gasteiger partial charge in [-0.2, -0.15) is 0 Å². The molecule has 12 heteroatoms. The van der Waals surface area contributed by atoms with E-state index in [4.69, 9.17) is 11.5 Å². The number of aromatic nitrogens is 1. The van der Waals surface area contributed by atoms with Crippen LogP contribution in [-0.2, 0) is 20.8 Å². The molecule has 3 aromatic rings. The van der Waals surface area contributed by atoms with E-state index in [0.29, 0.717) is 55.7 Å². The number of thiazole rings is 1. The van der Waals surface area contributed by atoms with Crippen LogP contribution in [0.15, 0.2) is 59.6 Å². The number of aliphatic imine (C=N–C) groups is 1. The summed E-state index contributed by atoms with van der Waals surface area (Å²) in [4.78, 5) is 62.7. The number of likely N-dealkylation sites (tertiary alicyclic amines) is 1. The molecule has 11 nitrogen and oxygen atoms in total. The second kappa shape index (κ2) is 13.8. The standard InChI is InChI=1S/C29H35N7O4S/c1-18(37)33-22(17-19-9-3-2-4-10-19)28(40)36-16-8-13-23(36)26(39)34-21(12-7-15-32-29(30)31)25(38)27-35-20-11-5-6-14-24(20)41-27/h2-6,9-11,14,21-23H,7-8,12-13,15-17H2,1H3,(H,33,37)(H,34,39)(H4,30,31,32)/t21?,22-,23+/m1/s1. The number of para-hydroxylation sites is 1. The van der Waals surface area contributed by atoms with E-state index in [2.05, 4.69) is 20.6 Å². The number of nitrogens with two attached hydrogens (primary N) is 2. The van der Waals surface area contributed by atoms with Crippen LogP contribution in [0, 0.1) is 0 Å². The fourth-order valence-electron chi connectivity index (χ4n) is 4.97. The molecule has 6 N–H and O–H groups in total. The summed E-state index contributed by atoms with van der Waals surface area (Å²) >= 11 is 1.27. The Balaban J connectivity index is 1.51. The van der Waals surface area contributed by atoms with Crippen molar-refractivity contribution < 1.29 is 19.2 Å². The van der Waals surface area contributed by atoms with Crippen molar-refractivity contribution in [3.05, 3.63) is 65.2 Å². The number of amides is 3. The zero-order valence-electron chi connectivity index (χ0n) is 22.9. The third-order valence-corrected chi connectivity index (χ3v) is 7.93. The summed E-state index contributed by atoms with van der Waals surface area (Å²) in [7, 11) is 0.